The maximum absolute atomic E-state index is 14.6. The van der Waals surface area contributed by atoms with Gasteiger partial charge in [-0.15, -0.1) is 0 Å². The van der Waals surface area contributed by atoms with Crippen LogP contribution in [0.5, 0.6) is 0 Å². The quantitative estimate of drug-likeness (QED) is 0.683. The summed E-state index contributed by atoms with van der Waals surface area (Å²) < 4.78 is 14.6. The maximum atomic E-state index is 14.6. The van der Waals surface area contributed by atoms with Crippen LogP contribution in [-0.4, -0.2) is 36.1 Å². The molecule has 1 fully saturated rings. The summed E-state index contributed by atoms with van der Waals surface area (Å²) in [7, 11) is 2.19. The molecule has 4 nitrogen and oxygen atoms in total. The zero-order valence-electron chi connectivity index (χ0n) is 16.5. The van der Waals surface area contributed by atoms with E-state index in [1.54, 1.807) is 12.3 Å². The number of hydrogen-bond donors (Lipinski definition) is 2. The molecule has 0 radical (unpaired) electrons. The number of piperidine rings is 1. The van der Waals surface area contributed by atoms with E-state index in [9.17, 15) is 4.39 Å². The molecule has 0 spiro atoms. The van der Waals surface area contributed by atoms with Crippen LogP contribution >= 0.6 is 0 Å². The summed E-state index contributed by atoms with van der Waals surface area (Å²) in [5, 5.41) is 5.59. The molecule has 1 aliphatic heterocycles. The second-order valence-electron chi connectivity index (χ2n) is 7.80. The van der Waals surface area contributed by atoms with Gasteiger partial charge in [-0.2, -0.15) is 0 Å². The van der Waals surface area contributed by atoms with Crippen molar-refractivity contribution in [3.63, 3.8) is 0 Å². The first-order valence-electron chi connectivity index (χ1n) is 9.92. The zero-order valence-corrected chi connectivity index (χ0v) is 16.5. The Kier molecular flexibility index (Phi) is 5.18. The highest BCUT2D eigenvalue weighted by Gasteiger charge is 2.19. The van der Waals surface area contributed by atoms with E-state index in [0.29, 0.717) is 17.4 Å². The van der Waals surface area contributed by atoms with Crippen molar-refractivity contribution in [2.75, 3.05) is 31.2 Å². The van der Waals surface area contributed by atoms with Gasteiger partial charge in [0.2, 0.25) is 0 Å². The monoisotopic (exact) mass is 378 g/mol. The smallest absolute Gasteiger partial charge is 0.131 e. The number of benzene rings is 2. The van der Waals surface area contributed by atoms with Crippen molar-refractivity contribution in [2.24, 2.45) is 0 Å². The molecule has 1 saturated heterocycles. The van der Waals surface area contributed by atoms with E-state index in [4.69, 9.17) is 5.73 Å². The molecule has 1 aliphatic rings. The topological polar surface area (TPSA) is 54.2 Å². The van der Waals surface area contributed by atoms with E-state index >= 15 is 0 Å². The molecule has 3 N–H and O–H groups in total. The van der Waals surface area contributed by atoms with Gasteiger partial charge in [0.05, 0.1) is 0 Å². The first kappa shape index (κ1) is 18.7. The van der Waals surface area contributed by atoms with Crippen LogP contribution in [0.2, 0.25) is 0 Å². The summed E-state index contributed by atoms with van der Waals surface area (Å²) in [4.78, 5) is 6.65. The van der Waals surface area contributed by atoms with E-state index in [0.717, 1.165) is 40.7 Å². The van der Waals surface area contributed by atoms with Crippen molar-refractivity contribution in [1.82, 2.24) is 9.88 Å². The van der Waals surface area contributed by atoms with Crippen molar-refractivity contribution in [3.8, 4) is 11.1 Å². The lowest BCUT2D eigenvalue weighted by Crippen LogP contribution is -2.40. The second-order valence-corrected chi connectivity index (χ2v) is 7.80. The molecule has 5 heteroatoms. The van der Waals surface area contributed by atoms with Gasteiger partial charge in [-0.1, -0.05) is 18.6 Å². The van der Waals surface area contributed by atoms with Crippen molar-refractivity contribution in [1.29, 1.82) is 0 Å². The Hall–Kier alpha value is -2.66. The van der Waals surface area contributed by atoms with E-state index in [1.807, 2.05) is 31.2 Å². The van der Waals surface area contributed by atoms with Crippen LogP contribution in [0, 0.1) is 12.7 Å². The van der Waals surface area contributed by atoms with Crippen LogP contribution in [0.25, 0.3) is 21.9 Å². The van der Waals surface area contributed by atoms with Gasteiger partial charge in [-0.3, -0.25) is 0 Å². The summed E-state index contributed by atoms with van der Waals surface area (Å²) >= 11 is 0. The Morgan fingerprint density at radius 1 is 1.25 bits per heavy atom. The number of halogens is 1. The number of nitrogens with one attached hydrogen (secondary N) is 1. The Labute approximate surface area is 165 Å². The zero-order chi connectivity index (χ0) is 19.7. The van der Waals surface area contributed by atoms with E-state index in [2.05, 4.69) is 22.2 Å². The largest absolute Gasteiger partial charge is 0.384 e. The molecule has 1 aromatic heterocycles. The summed E-state index contributed by atoms with van der Waals surface area (Å²) in [5.41, 5.74) is 9.33. The Morgan fingerprint density at radius 2 is 2.11 bits per heavy atom. The van der Waals surface area contributed by atoms with Crippen LogP contribution < -0.4 is 11.1 Å². The number of nitrogens with two attached hydrogens (primary N) is 1. The molecule has 0 bridgehead atoms. The van der Waals surface area contributed by atoms with Gasteiger partial charge < -0.3 is 16.0 Å². The molecule has 1 atom stereocenters. The van der Waals surface area contributed by atoms with Crippen molar-refractivity contribution in [3.05, 3.63) is 54.0 Å². The predicted octanol–water partition coefficient (Wildman–Crippen LogP) is 4.83. The highest BCUT2D eigenvalue weighted by atomic mass is 19.1. The number of nitrogen functional groups attached to an aromatic ring is 1. The fourth-order valence-electron chi connectivity index (χ4n) is 4.19. The molecule has 0 amide bonds. The van der Waals surface area contributed by atoms with Crippen molar-refractivity contribution >= 4 is 22.3 Å². The fraction of sp³-hybridized carbons (Fsp3) is 0.348. The van der Waals surface area contributed by atoms with E-state index in [1.165, 1.54) is 25.3 Å². The molecule has 3 aromatic rings. The van der Waals surface area contributed by atoms with Crippen molar-refractivity contribution in [2.45, 2.75) is 32.2 Å². The highest BCUT2D eigenvalue weighted by Crippen LogP contribution is 2.34. The molecular weight excluding hydrogens is 351 g/mol. The van der Waals surface area contributed by atoms with Crippen LogP contribution in [0.15, 0.2) is 42.6 Å². The van der Waals surface area contributed by atoms with Gasteiger partial charge >= 0.3 is 0 Å². The number of fused-ring (bicyclic) bond motifs is 1. The number of pyridine rings is 1. The molecule has 0 aliphatic carbocycles. The minimum atomic E-state index is -0.208. The SMILES string of the molecule is Cc1cccc(F)c1-c1cc(NC[C@H]2CCCCN2C)c2cc(N)ncc2c1. The third-order valence-electron chi connectivity index (χ3n) is 5.82. The lowest BCUT2D eigenvalue weighted by atomic mass is 9.96. The van der Waals surface area contributed by atoms with Gasteiger partial charge in [-0.25, -0.2) is 9.37 Å². The van der Waals surface area contributed by atoms with E-state index < -0.39 is 0 Å². The second kappa shape index (κ2) is 7.76. The fourth-order valence-corrected chi connectivity index (χ4v) is 4.19. The average Bonchev–Trinajstić information content (AvgIpc) is 2.67. The predicted molar refractivity (Wildman–Crippen MR) is 115 cm³/mol. The minimum Gasteiger partial charge on any atom is -0.384 e. The number of likely N-dealkylation sites (N-methyl/N-ethyl adjacent to an activating group) is 1. The normalized spacial score (nSPS) is 17.8. The molecule has 0 unspecified atom stereocenters. The Bertz CT molecular complexity index is 981. The molecular formula is C23H27FN4. The number of aromatic nitrogens is 1. The van der Waals surface area contributed by atoms with Gasteiger partial charge in [-0.05, 0) is 68.8 Å². The van der Waals surface area contributed by atoms with Gasteiger partial charge in [0.15, 0.2) is 0 Å². The minimum absolute atomic E-state index is 0.208. The first-order valence-corrected chi connectivity index (χ1v) is 9.92. The molecule has 2 aromatic carbocycles. The number of anilines is 2. The molecule has 28 heavy (non-hydrogen) atoms. The third-order valence-corrected chi connectivity index (χ3v) is 5.82. The number of rotatable bonds is 4. The third kappa shape index (κ3) is 3.67. The van der Waals surface area contributed by atoms with Crippen LogP contribution in [-0.2, 0) is 0 Å². The van der Waals surface area contributed by atoms with Crippen LogP contribution in [0.4, 0.5) is 15.9 Å². The number of nitrogens with zero attached hydrogens (tertiary/aromatic N) is 2. The number of likely N-dealkylation sites (tertiary alicyclic amines) is 1. The summed E-state index contributed by atoms with van der Waals surface area (Å²) in [6.45, 7) is 3.93. The number of hydrogen-bond acceptors (Lipinski definition) is 4. The lowest BCUT2D eigenvalue weighted by Gasteiger charge is -2.33. The van der Waals surface area contributed by atoms with Crippen LogP contribution in [0.1, 0.15) is 24.8 Å². The number of aryl methyl sites for hydroxylation is 1. The Balaban J connectivity index is 1.76. The average molecular weight is 378 g/mol. The van der Waals surface area contributed by atoms with Crippen LogP contribution in [0.3, 0.4) is 0 Å². The molecule has 2 heterocycles. The summed E-state index contributed by atoms with van der Waals surface area (Å²) in [6.07, 6.45) is 5.49. The maximum Gasteiger partial charge on any atom is 0.131 e. The molecule has 146 valence electrons. The molecule has 0 saturated carbocycles. The standard InChI is InChI=1S/C23H27FN4/c1-15-6-5-8-20(24)23(15)16-10-17-13-27-22(25)12-19(17)21(11-16)26-14-18-7-3-4-9-28(18)2/h5-6,8,10-13,18,26H,3-4,7,9,14H2,1-2H3,(H2,25,27)/t18-/m1/s1. The van der Waals surface area contributed by atoms with Gasteiger partial charge in [0.25, 0.3) is 0 Å². The van der Waals surface area contributed by atoms with Gasteiger partial charge in [0, 0.05) is 40.8 Å². The van der Waals surface area contributed by atoms with Crippen molar-refractivity contribution < 1.29 is 4.39 Å². The molecule has 4 rings (SSSR count). The highest BCUT2D eigenvalue weighted by molar-refractivity contribution is 5.98. The summed E-state index contributed by atoms with van der Waals surface area (Å²) in [5.74, 6) is 0.279. The lowest BCUT2D eigenvalue weighted by molar-refractivity contribution is 0.195. The first-order chi connectivity index (χ1) is 13.5. The Morgan fingerprint density at radius 3 is 2.89 bits per heavy atom. The van der Waals surface area contributed by atoms with E-state index in [-0.39, 0.29) is 5.82 Å². The van der Waals surface area contributed by atoms with Gasteiger partial charge in [0.1, 0.15) is 11.6 Å². The summed E-state index contributed by atoms with van der Waals surface area (Å²) in [6, 6.07) is 11.6.